The summed E-state index contributed by atoms with van der Waals surface area (Å²) in [6, 6.07) is 26.7. The topological polar surface area (TPSA) is 83.0 Å². The van der Waals surface area contributed by atoms with E-state index < -0.39 is 5.41 Å². The number of carbonyl (C=O) groups is 1. The Labute approximate surface area is 227 Å². The minimum atomic E-state index is -0.453. The van der Waals surface area contributed by atoms with Crippen molar-refractivity contribution in [2.45, 2.75) is 45.1 Å². The molecule has 7 nitrogen and oxygen atoms in total. The first-order valence-electron chi connectivity index (χ1n) is 13.3. The minimum absolute atomic E-state index is 0.112. The highest BCUT2D eigenvalue weighted by Gasteiger charge is 2.52. The molecule has 1 fully saturated rings. The van der Waals surface area contributed by atoms with Gasteiger partial charge in [-0.05, 0) is 48.9 Å². The first kappa shape index (κ1) is 24.8. The third kappa shape index (κ3) is 5.00. The second-order valence-corrected chi connectivity index (χ2v) is 10.1. The van der Waals surface area contributed by atoms with Gasteiger partial charge in [0.05, 0.1) is 30.0 Å². The molecule has 39 heavy (non-hydrogen) atoms. The molecule has 0 spiro atoms. The summed E-state index contributed by atoms with van der Waals surface area (Å²) in [6.07, 6.45) is 4.26. The molecule has 0 radical (unpaired) electrons. The van der Waals surface area contributed by atoms with Crippen LogP contribution in [0, 0.1) is 6.92 Å². The number of carbonyl (C=O) groups excluding carboxylic acids is 1. The third-order valence-electron chi connectivity index (χ3n) is 7.45. The van der Waals surface area contributed by atoms with Crippen LogP contribution in [-0.4, -0.2) is 32.7 Å². The monoisotopic (exact) mass is 518 g/mol. The van der Waals surface area contributed by atoms with Crippen LogP contribution >= 0.6 is 0 Å². The van der Waals surface area contributed by atoms with Crippen LogP contribution in [0.3, 0.4) is 0 Å². The van der Waals surface area contributed by atoms with E-state index in [1.54, 1.807) is 0 Å². The summed E-state index contributed by atoms with van der Waals surface area (Å²) in [5.74, 6) is 0.635. The maximum absolute atomic E-state index is 12.4. The lowest BCUT2D eigenvalue weighted by molar-refractivity contribution is -0.146. The van der Waals surface area contributed by atoms with Gasteiger partial charge >= 0.3 is 5.97 Å². The maximum Gasteiger partial charge on any atom is 0.316 e. The largest absolute Gasteiger partial charge is 0.465 e. The summed E-state index contributed by atoms with van der Waals surface area (Å²) in [5.41, 5.74) is 7.62. The van der Waals surface area contributed by atoms with Crippen molar-refractivity contribution in [3.8, 4) is 22.5 Å². The lowest BCUT2D eigenvalue weighted by Gasteiger charge is -2.14. The normalized spacial score (nSPS) is 13.8. The first-order chi connectivity index (χ1) is 19.1. The van der Waals surface area contributed by atoms with Crippen molar-refractivity contribution in [1.29, 1.82) is 0 Å². The second-order valence-electron chi connectivity index (χ2n) is 10.1. The van der Waals surface area contributed by atoms with Crippen molar-refractivity contribution in [1.82, 2.24) is 20.2 Å². The Morgan fingerprint density at radius 3 is 2.28 bits per heavy atom. The minimum Gasteiger partial charge on any atom is -0.465 e. The average Bonchev–Trinajstić information content (AvgIpc) is 3.55. The second kappa shape index (κ2) is 10.3. The smallest absolute Gasteiger partial charge is 0.316 e. The fourth-order valence-electron chi connectivity index (χ4n) is 5.07. The highest BCUT2D eigenvalue weighted by Crippen LogP contribution is 2.49. The number of benzene rings is 3. The SMILES string of the molecule is CCOC(=O)C1(c2ccc(-c3ccc(-c4onc(C)c4Cc4cn(Cc5ccccc5)nn4)cc3)cc2)CC1. The van der Waals surface area contributed by atoms with Gasteiger partial charge in [-0.3, -0.25) is 4.79 Å². The van der Waals surface area contributed by atoms with Gasteiger partial charge in [0.25, 0.3) is 0 Å². The molecule has 7 heteroatoms. The molecule has 2 heterocycles. The highest BCUT2D eigenvalue weighted by molar-refractivity contribution is 5.87. The van der Waals surface area contributed by atoms with Crippen molar-refractivity contribution >= 4 is 5.97 Å². The number of aryl methyl sites for hydroxylation is 1. The molecule has 1 saturated carbocycles. The molecular weight excluding hydrogens is 488 g/mol. The predicted molar refractivity (Wildman–Crippen MR) is 148 cm³/mol. The van der Waals surface area contributed by atoms with Crippen LogP contribution in [0.4, 0.5) is 0 Å². The molecule has 0 aliphatic heterocycles. The van der Waals surface area contributed by atoms with Crippen LogP contribution in [0.2, 0.25) is 0 Å². The molecule has 0 saturated heterocycles. The summed E-state index contributed by atoms with van der Waals surface area (Å²) >= 11 is 0. The van der Waals surface area contributed by atoms with Gasteiger partial charge in [0.15, 0.2) is 5.76 Å². The van der Waals surface area contributed by atoms with Gasteiger partial charge in [-0.25, -0.2) is 4.68 Å². The number of aromatic nitrogens is 4. The maximum atomic E-state index is 12.4. The van der Waals surface area contributed by atoms with Gasteiger partial charge < -0.3 is 9.26 Å². The summed E-state index contributed by atoms with van der Waals surface area (Å²) in [4.78, 5) is 12.4. The van der Waals surface area contributed by atoms with Crippen molar-refractivity contribution in [2.75, 3.05) is 6.61 Å². The van der Waals surface area contributed by atoms with Crippen LogP contribution in [0.15, 0.2) is 89.6 Å². The van der Waals surface area contributed by atoms with Crippen molar-refractivity contribution in [2.24, 2.45) is 0 Å². The molecular formula is C32H30N4O3. The Kier molecular flexibility index (Phi) is 6.57. The number of hydrogen-bond donors (Lipinski definition) is 0. The Balaban J connectivity index is 1.17. The van der Waals surface area contributed by atoms with E-state index in [2.05, 4.69) is 76.1 Å². The summed E-state index contributed by atoms with van der Waals surface area (Å²) in [6.45, 7) is 4.89. The van der Waals surface area contributed by atoms with Crippen molar-refractivity contribution < 1.29 is 14.1 Å². The van der Waals surface area contributed by atoms with Crippen molar-refractivity contribution in [3.63, 3.8) is 0 Å². The number of nitrogens with zero attached hydrogens (tertiary/aromatic N) is 4. The standard InChI is InChI=1S/C32H30N4O3/c1-3-38-31(37)32(17-18-32)27-15-13-25(14-16-27)24-9-11-26(12-10-24)30-29(22(2)34-39-30)19-28-21-36(35-33-28)20-23-7-5-4-6-8-23/h4-16,21H,3,17-20H2,1-2H3. The van der Waals surface area contributed by atoms with Crippen LogP contribution in [-0.2, 0) is 27.9 Å². The fraction of sp³-hybridized carbons (Fsp3) is 0.250. The number of hydrogen-bond acceptors (Lipinski definition) is 6. The van der Waals surface area contributed by atoms with Gasteiger partial charge in [0.1, 0.15) is 0 Å². The van der Waals surface area contributed by atoms with Crippen molar-refractivity contribution in [3.05, 3.63) is 113 Å². The summed E-state index contributed by atoms with van der Waals surface area (Å²) < 4.78 is 12.9. The van der Waals surface area contributed by atoms with E-state index in [4.69, 9.17) is 9.26 Å². The summed E-state index contributed by atoms with van der Waals surface area (Å²) in [7, 11) is 0. The molecule has 0 atom stereocenters. The molecule has 1 aliphatic rings. The number of ether oxygens (including phenoxy) is 1. The van der Waals surface area contributed by atoms with Crippen LogP contribution < -0.4 is 0 Å². The van der Waals surface area contributed by atoms with E-state index in [9.17, 15) is 4.79 Å². The van der Waals surface area contributed by atoms with E-state index in [-0.39, 0.29) is 5.97 Å². The average molecular weight is 519 g/mol. The van der Waals surface area contributed by atoms with E-state index in [0.717, 1.165) is 57.8 Å². The lowest BCUT2D eigenvalue weighted by atomic mass is 9.93. The molecule has 1 aliphatic carbocycles. The zero-order valence-electron chi connectivity index (χ0n) is 22.1. The molecule has 6 rings (SSSR count). The lowest BCUT2D eigenvalue weighted by Crippen LogP contribution is -2.23. The molecule has 2 aromatic heterocycles. The molecule has 0 N–H and O–H groups in total. The van der Waals surface area contributed by atoms with E-state index >= 15 is 0 Å². The number of rotatable bonds is 9. The van der Waals surface area contributed by atoms with Gasteiger partial charge in [-0.2, -0.15) is 0 Å². The molecule has 0 bridgehead atoms. The zero-order chi connectivity index (χ0) is 26.8. The van der Waals surface area contributed by atoms with E-state index in [0.29, 0.717) is 19.6 Å². The Bertz CT molecular complexity index is 1580. The van der Waals surface area contributed by atoms with Gasteiger partial charge in [0.2, 0.25) is 0 Å². The van der Waals surface area contributed by atoms with E-state index in [1.807, 2.05) is 42.9 Å². The zero-order valence-corrected chi connectivity index (χ0v) is 22.1. The Morgan fingerprint density at radius 1 is 0.949 bits per heavy atom. The van der Waals surface area contributed by atoms with Gasteiger partial charge in [-0.15, -0.1) is 5.10 Å². The quantitative estimate of drug-likeness (QED) is 0.218. The Morgan fingerprint density at radius 2 is 1.62 bits per heavy atom. The summed E-state index contributed by atoms with van der Waals surface area (Å²) in [5, 5.41) is 12.9. The molecule has 0 amide bonds. The van der Waals surface area contributed by atoms with Gasteiger partial charge in [-0.1, -0.05) is 89.2 Å². The van der Waals surface area contributed by atoms with Crippen LogP contribution in [0.25, 0.3) is 22.5 Å². The van der Waals surface area contributed by atoms with E-state index in [1.165, 1.54) is 5.56 Å². The molecule has 0 unspecified atom stereocenters. The number of esters is 1. The fourth-order valence-corrected chi connectivity index (χ4v) is 5.07. The molecule has 5 aromatic rings. The van der Waals surface area contributed by atoms with Gasteiger partial charge in [0, 0.05) is 23.7 Å². The van der Waals surface area contributed by atoms with Crippen LogP contribution in [0.1, 0.15) is 47.8 Å². The highest BCUT2D eigenvalue weighted by atomic mass is 16.5. The molecule has 196 valence electrons. The van der Waals surface area contributed by atoms with Crippen LogP contribution in [0.5, 0.6) is 0 Å². The Hall–Kier alpha value is -4.52. The molecule has 3 aromatic carbocycles. The first-order valence-corrected chi connectivity index (χ1v) is 13.3. The third-order valence-corrected chi connectivity index (χ3v) is 7.45. The predicted octanol–water partition coefficient (Wildman–Crippen LogP) is 6.14.